The van der Waals surface area contributed by atoms with Crippen LogP contribution >= 0.6 is 11.3 Å². The number of hydrogen-bond donors (Lipinski definition) is 1. The Morgan fingerprint density at radius 1 is 1.00 bits per heavy atom. The zero-order valence-electron chi connectivity index (χ0n) is 16.2. The molecule has 1 saturated heterocycles. The number of thiophene rings is 1. The number of likely N-dealkylation sites (tertiary alicyclic amines) is 1. The lowest BCUT2D eigenvalue weighted by molar-refractivity contribution is 0.206. The first-order valence-corrected chi connectivity index (χ1v) is 12.3. The smallest absolute Gasteiger partial charge is 0.240 e. The van der Waals surface area contributed by atoms with Gasteiger partial charge in [-0.15, -0.1) is 0 Å². The Kier molecular flexibility index (Phi) is 7.09. The van der Waals surface area contributed by atoms with Gasteiger partial charge in [0.2, 0.25) is 10.0 Å². The van der Waals surface area contributed by atoms with Crippen molar-refractivity contribution in [1.82, 2.24) is 9.62 Å². The van der Waals surface area contributed by atoms with E-state index in [4.69, 9.17) is 0 Å². The zero-order valence-corrected chi connectivity index (χ0v) is 17.9. The topological polar surface area (TPSA) is 49.4 Å². The van der Waals surface area contributed by atoms with Gasteiger partial charge in [-0.05, 0) is 71.9 Å². The van der Waals surface area contributed by atoms with E-state index in [1.807, 2.05) is 12.1 Å². The second kappa shape index (κ2) is 9.32. The largest absolute Gasteiger partial charge is 0.295 e. The van der Waals surface area contributed by atoms with Crippen LogP contribution in [0.15, 0.2) is 46.0 Å². The van der Waals surface area contributed by atoms with Gasteiger partial charge in [-0.3, -0.25) is 4.90 Å². The number of benzene rings is 1. The number of sulfonamides is 1. The van der Waals surface area contributed by atoms with Crippen LogP contribution in [-0.4, -0.2) is 33.0 Å². The molecule has 1 N–H and O–H groups in total. The molecule has 1 aromatic carbocycles. The molecular weight excluding hydrogens is 376 g/mol. The van der Waals surface area contributed by atoms with Gasteiger partial charge in [0.25, 0.3) is 0 Å². The normalized spacial score (nSPS) is 17.7. The van der Waals surface area contributed by atoms with Gasteiger partial charge < -0.3 is 0 Å². The molecule has 0 radical (unpaired) electrons. The van der Waals surface area contributed by atoms with E-state index in [1.54, 1.807) is 23.5 Å². The molecule has 3 rings (SSSR count). The van der Waals surface area contributed by atoms with Crippen LogP contribution in [0.2, 0.25) is 0 Å². The third kappa shape index (κ3) is 5.41. The Bertz CT molecular complexity index is 791. The van der Waals surface area contributed by atoms with E-state index >= 15 is 0 Å². The summed E-state index contributed by atoms with van der Waals surface area (Å²) in [5.74, 6) is 0.390. The molecule has 4 nitrogen and oxygen atoms in total. The summed E-state index contributed by atoms with van der Waals surface area (Å²) < 4.78 is 28.5. The SMILES string of the molecule is CC(C)c1ccc(S(=O)(=O)NCC(c2ccsc2)N2CCCCCC2)cc1. The van der Waals surface area contributed by atoms with Crippen LogP contribution in [0.1, 0.15) is 62.6 Å². The van der Waals surface area contributed by atoms with Crippen molar-refractivity contribution in [2.24, 2.45) is 0 Å². The van der Waals surface area contributed by atoms with Crippen molar-refractivity contribution < 1.29 is 8.42 Å². The Morgan fingerprint density at radius 3 is 2.22 bits per heavy atom. The van der Waals surface area contributed by atoms with E-state index in [0.717, 1.165) is 18.7 Å². The highest BCUT2D eigenvalue weighted by atomic mass is 32.2. The second-order valence-corrected chi connectivity index (χ2v) is 10.1. The lowest BCUT2D eigenvalue weighted by atomic mass is 10.0. The average Bonchev–Trinajstić information content (AvgIpc) is 3.05. The van der Waals surface area contributed by atoms with Crippen LogP contribution < -0.4 is 4.72 Å². The molecule has 0 bridgehead atoms. The summed E-state index contributed by atoms with van der Waals surface area (Å²) in [5.41, 5.74) is 2.36. The predicted octanol–water partition coefficient (Wildman–Crippen LogP) is 4.77. The molecule has 2 aromatic rings. The van der Waals surface area contributed by atoms with E-state index in [2.05, 4.69) is 40.3 Å². The molecule has 0 saturated carbocycles. The van der Waals surface area contributed by atoms with Gasteiger partial charge in [-0.25, -0.2) is 13.1 Å². The van der Waals surface area contributed by atoms with Crippen molar-refractivity contribution in [2.75, 3.05) is 19.6 Å². The molecule has 1 aromatic heterocycles. The van der Waals surface area contributed by atoms with E-state index in [-0.39, 0.29) is 6.04 Å². The van der Waals surface area contributed by atoms with E-state index in [0.29, 0.717) is 17.4 Å². The van der Waals surface area contributed by atoms with Crippen LogP contribution in [0.3, 0.4) is 0 Å². The highest BCUT2D eigenvalue weighted by Gasteiger charge is 2.24. The molecule has 0 spiro atoms. The fraction of sp³-hybridized carbons (Fsp3) is 0.524. The lowest BCUT2D eigenvalue weighted by Gasteiger charge is -2.30. The van der Waals surface area contributed by atoms with Gasteiger partial charge in [-0.2, -0.15) is 11.3 Å². The standard InChI is InChI=1S/C21H30N2O2S2/c1-17(2)18-7-9-20(10-8-18)27(24,25)22-15-21(19-11-14-26-16-19)23-12-5-3-4-6-13-23/h7-11,14,16-17,21-22H,3-6,12-13,15H2,1-2H3. The molecule has 0 aliphatic carbocycles. The third-order valence-corrected chi connectivity index (χ3v) is 7.47. The monoisotopic (exact) mass is 406 g/mol. The zero-order chi connectivity index (χ0) is 19.3. The molecule has 1 unspecified atom stereocenters. The number of nitrogens with zero attached hydrogens (tertiary/aromatic N) is 1. The number of hydrogen-bond acceptors (Lipinski definition) is 4. The minimum absolute atomic E-state index is 0.0964. The summed E-state index contributed by atoms with van der Waals surface area (Å²) in [6.07, 6.45) is 4.90. The first kappa shape index (κ1) is 20.5. The average molecular weight is 407 g/mol. The van der Waals surface area contributed by atoms with Crippen LogP contribution in [0.5, 0.6) is 0 Å². The second-order valence-electron chi connectivity index (χ2n) is 7.60. The van der Waals surface area contributed by atoms with Crippen molar-refractivity contribution >= 4 is 21.4 Å². The van der Waals surface area contributed by atoms with Crippen LogP contribution in [-0.2, 0) is 10.0 Å². The fourth-order valence-electron chi connectivity index (χ4n) is 3.63. The fourth-order valence-corrected chi connectivity index (χ4v) is 5.38. The van der Waals surface area contributed by atoms with Crippen molar-refractivity contribution in [3.05, 3.63) is 52.2 Å². The first-order valence-electron chi connectivity index (χ1n) is 9.83. The molecule has 1 aliphatic rings. The number of nitrogens with one attached hydrogen (secondary N) is 1. The van der Waals surface area contributed by atoms with Crippen molar-refractivity contribution in [3.8, 4) is 0 Å². The summed E-state index contributed by atoms with van der Waals surface area (Å²) in [4.78, 5) is 2.78. The summed E-state index contributed by atoms with van der Waals surface area (Å²) in [5, 5.41) is 4.21. The summed E-state index contributed by atoms with van der Waals surface area (Å²) in [7, 11) is -3.51. The molecule has 148 valence electrons. The summed E-state index contributed by atoms with van der Waals surface area (Å²) in [6, 6.07) is 9.45. The number of rotatable bonds is 7. The molecule has 2 heterocycles. The van der Waals surface area contributed by atoms with Crippen LogP contribution in [0, 0.1) is 0 Å². The molecular formula is C21H30N2O2S2. The molecule has 1 atom stereocenters. The maximum absolute atomic E-state index is 12.8. The summed E-state index contributed by atoms with van der Waals surface area (Å²) >= 11 is 1.67. The van der Waals surface area contributed by atoms with Crippen molar-refractivity contribution in [2.45, 2.75) is 56.4 Å². The minimum Gasteiger partial charge on any atom is -0.295 e. The maximum atomic E-state index is 12.8. The maximum Gasteiger partial charge on any atom is 0.240 e. The molecule has 27 heavy (non-hydrogen) atoms. The van der Waals surface area contributed by atoms with E-state index in [1.165, 1.54) is 31.2 Å². The Morgan fingerprint density at radius 2 is 1.67 bits per heavy atom. The Hall–Kier alpha value is -1.21. The quantitative estimate of drug-likeness (QED) is 0.721. The summed E-state index contributed by atoms with van der Waals surface area (Å²) in [6.45, 7) is 6.68. The molecule has 0 amide bonds. The van der Waals surface area contributed by atoms with E-state index in [9.17, 15) is 8.42 Å². The van der Waals surface area contributed by atoms with Gasteiger partial charge >= 0.3 is 0 Å². The molecule has 6 heteroatoms. The van der Waals surface area contributed by atoms with Gasteiger partial charge in [0.15, 0.2) is 0 Å². The third-order valence-electron chi connectivity index (χ3n) is 5.33. The van der Waals surface area contributed by atoms with Gasteiger partial charge in [0.05, 0.1) is 4.90 Å². The van der Waals surface area contributed by atoms with Gasteiger partial charge in [-0.1, -0.05) is 38.8 Å². The van der Waals surface area contributed by atoms with Crippen molar-refractivity contribution in [3.63, 3.8) is 0 Å². The Balaban J connectivity index is 1.73. The van der Waals surface area contributed by atoms with Crippen LogP contribution in [0.25, 0.3) is 0 Å². The highest BCUT2D eigenvalue weighted by Crippen LogP contribution is 2.26. The Labute approximate surface area is 167 Å². The predicted molar refractivity (Wildman–Crippen MR) is 113 cm³/mol. The van der Waals surface area contributed by atoms with E-state index < -0.39 is 10.0 Å². The molecule has 1 fully saturated rings. The van der Waals surface area contributed by atoms with Crippen molar-refractivity contribution in [1.29, 1.82) is 0 Å². The highest BCUT2D eigenvalue weighted by molar-refractivity contribution is 7.89. The minimum atomic E-state index is -3.51. The van der Waals surface area contributed by atoms with Gasteiger partial charge in [0, 0.05) is 12.6 Å². The van der Waals surface area contributed by atoms with Gasteiger partial charge in [0.1, 0.15) is 0 Å². The lowest BCUT2D eigenvalue weighted by Crippen LogP contribution is -2.38. The first-order chi connectivity index (χ1) is 13.0. The van der Waals surface area contributed by atoms with Crippen LogP contribution in [0.4, 0.5) is 0 Å². The molecule has 1 aliphatic heterocycles.